The second-order valence-corrected chi connectivity index (χ2v) is 10.7. The highest BCUT2D eigenvalue weighted by Gasteiger charge is 2.28. The van der Waals surface area contributed by atoms with Crippen LogP contribution < -0.4 is 9.47 Å². The molecule has 5 heteroatoms. The predicted octanol–water partition coefficient (Wildman–Crippen LogP) is 7.01. The summed E-state index contributed by atoms with van der Waals surface area (Å²) in [5.41, 5.74) is 5.12. The highest BCUT2D eigenvalue weighted by Crippen LogP contribution is 2.42. The van der Waals surface area contributed by atoms with Crippen molar-refractivity contribution in [3.05, 3.63) is 65.7 Å². The Morgan fingerprint density at radius 3 is 1.91 bits per heavy atom. The maximum atomic E-state index is 11.3. The lowest BCUT2D eigenvalue weighted by Gasteiger charge is -2.28. The van der Waals surface area contributed by atoms with Crippen molar-refractivity contribution >= 4 is 11.0 Å². The summed E-state index contributed by atoms with van der Waals surface area (Å²) in [7, 11) is 3.26. The molecule has 0 unspecified atom stereocenters. The van der Waals surface area contributed by atoms with Crippen LogP contribution in [-0.2, 0) is 10.8 Å². The van der Waals surface area contributed by atoms with Crippen LogP contribution in [0.15, 0.2) is 54.6 Å². The molecule has 0 bridgehead atoms. The molecule has 0 saturated heterocycles. The molecule has 0 amide bonds. The van der Waals surface area contributed by atoms with E-state index in [2.05, 4.69) is 64.3 Å². The Morgan fingerprint density at radius 1 is 0.765 bits per heavy atom. The minimum atomic E-state index is -0.236. The third kappa shape index (κ3) is 4.11. The van der Waals surface area contributed by atoms with Crippen LogP contribution in [0.1, 0.15) is 52.7 Å². The van der Waals surface area contributed by atoms with Crippen LogP contribution in [0.2, 0.25) is 0 Å². The summed E-state index contributed by atoms with van der Waals surface area (Å²) in [6.07, 6.45) is 0. The summed E-state index contributed by atoms with van der Waals surface area (Å²) in [5, 5.41) is 11.3. The van der Waals surface area contributed by atoms with Crippen LogP contribution in [0.4, 0.5) is 0 Å². The number of methoxy groups -OCH3 is 2. The zero-order valence-electron chi connectivity index (χ0n) is 21.4. The fraction of sp³-hybridized carbons (Fsp3) is 0.345. The molecule has 4 rings (SSSR count). The van der Waals surface area contributed by atoms with Gasteiger partial charge in [-0.25, -0.2) is 4.98 Å². The monoisotopic (exact) mass is 458 g/mol. The Hall–Kier alpha value is -3.47. The van der Waals surface area contributed by atoms with E-state index in [1.807, 2.05) is 36.4 Å². The van der Waals surface area contributed by atoms with Crippen molar-refractivity contribution in [3.63, 3.8) is 0 Å². The molecule has 0 aliphatic carbocycles. The Balaban J connectivity index is 2.08. The summed E-state index contributed by atoms with van der Waals surface area (Å²) >= 11 is 0. The van der Waals surface area contributed by atoms with Crippen molar-refractivity contribution in [2.24, 2.45) is 0 Å². The quantitative estimate of drug-likeness (QED) is 0.357. The van der Waals surface area contributed by atoms with Crippen molar-refractivity contribution in [2.75, 3.05) is 14.2 Å². The largest absolute Gasteiger partial charge is 0.507 e. The molecule has 0 fully saturated rings. The minimum absolute atomic E-state index is 0.236. The Morgan fingerprint density at radius 2 is 1.35 bits per heavy atom. The van der Waals surface area contributed by atoms with E-state index in [4.69, 9.17) is 14.5 Å². The highest BCUT2D eigenvalue weighted by atomic mass is 16.5. The molecule has 0 radical (unpaired) electrons. The van der Waals surface area contributed by atoms with Crippen molar-refractivity contribution < 1.29 is 14.6 Å². The number of phenols is 1. The SMILES string of the molecule is COc1ccc(-c2nc3ccccc3n2-c2cc(C(C)(C)C)c(O)c(C(C)(C)C)c2)cc1OC. The lowest BCUT2D eigenvalue weighted by Crippen LogP contribution is -2.18. The van der Waals surface area contributed by atoms with Gasteiger partial charge in [-0.05, 0) is 53.3 Å². The van der Waals surface area contributed by atoms with Gasteiger partial charge in [0.25, 0.3) is 0 Å². The van der Waals surface area contributed by atoms with E-state index >= 15 is 0 Å². The van der Waals surface area contributed by atoms with E-state index in [1.54, 1.807) is 14.2 Å². The van der Waals surface area contributed by atoms with Gasteiger partial charge in [-0.15, -0.1) is 0 Å². The van der Waals surface area contributed by atoms with Crippen LogP contribution >= 0.6 is 0 Å². The molecule has 0 aliphatic rings. The summed E-state index contributed by atoms with van der Waals surface area (Å²) in [6.45, 7) is 12.7. The van der Waals surface area contributed by atoms with E-state index in [-0.39, 0.29) is 10.8 Å². The Labute approximate surface area is 202 Å². The van der Waals surface area contributed by atoms with Crippen LogP contribution in [-0.4, -0.2) is 28.9 Å². The molecule has 1 heterocycles. The van der Waals surface area contributed by atoms with Gasteiger partial charge in [0.15, 0.2) is 11.5 Å². The van der Waals surface area contributed by atoms with E-state index < -0.39 is 0 Å². The molecular formula is C29H34N2O3. The number of hydrogen-bond acceptors (Lipinski definition) is 4. The lowest BCUT2D eigenvalue weighted by molar-refractivity contribution is 0.355. The van der Waals surface area contributed by atoms with Crippen molar-refractivity contribution in [2.45, 2.75) is 52.4 Å². The van der Waals surface area contributed by atoms with Gasteiger partial charge in [0.1, 0.15) is 11.6 Å². The number of phenolic OH excluding ortho intramolecular Hbond substituents is 1. The number of ether oxygens (including phenoxy) is 2. The van der Waals surface area contributed by atoms with Gasteiger partial charge >= 0.3 is 0 Å². The smallest absolute Gasteiger partial charge is 0.161 e. The molecule has 0 saturated carbocycles. The summed E-state index contributed by atoms with van der Waals surface area (Å²) in [4.78, 5) is 5.00. The van der Waals surface area contributed by atoms with Crippen molar-refractivity contribution in [1.29, 1.82) is 0 Å². The number of nitrogens with zero attached hydrogens (tertiary/aromatic N) is 2. The van der Waals surface area contributed by atoms with Gasteiger partial charge in [0.05, 0.1) is 25.3 Å². The van der Waals surface area contributed by atoms with E-state index in [1.165, 1.54) is 0 Å². The second-order valence-electron chi connectivity index (χ2n) is 10.7. The third-order valence-electron chi connectivity index (χ3n) is 6.17. The topological polar surface area (TPSA) is 56.5 Å². The maximum absolute atomic E-state index is 11.3. The van der Waals surface area contributed by atoms with Crippen LogP contribution in [0.3, 0.4) is 0 Å². The number of hydrogen-bond donors (Lipinski definition) is 1. The number of aromatic nitrogens is 2. The van der Waals surface area contributed by atoms with Gasteiger partial charge in [-0.2, -0.15) is 0 Å². The van der Waals surface area contributed by atoms with Crippen molar-refractivity contribution in [1.82, 2.24) is 9.55 Å². The molecule has 3 aromatic carbocycles. The number of fused-ring (bicyclic) bond motifs is 1. The first-order valence-corrected chi connectivity index (χ1v) is 11.5. The Kier molecular flexibility index (Phi) is 5.84. The fourth-order valence-electron chi connectivity index (χ4n) is 4.35. The van der Waals surface area contributed by atoms with Crippen molar-refractivity contribution in [3.8, 4) is 34.3 Å². The van der Waals surface area contributed by atoms with Crippen LogP contribution in [0.25, 0.3) is 28.1 Å². The fourth-order valence-corrected chi connectivity index (χ4v) is 4.35. The number of benzene rings is 3. The zero-order chi connectivity index (χ0) is 24.8. The van der Waals surface area contributed by atoms with E-state index in [0.29, 0.717) is 17.2 Å². The minimum Gasteiger partial charge on any atom is -0.507 e. The molecule has 34 heavy (non-hydrogen) atoms. The first kappa shape index (κ1) is 23.7. The first-order valence-electron chi connectivity index (χ1n) is 11.5. The normalized spacial score (nSPS) is 12.2. The average Bonchev–Trinajstić information content (AvgIpc) is 3.16. The molecule has 178 valence electrons. The van der Waals surface area contributed by atoms with Gasteiger partial charge in [0, 0.05) is 22.4 Å². The number of rotatable bonds is 4. The van der Waals surface area contributed by atoms with E-state index in [9.17, 15) is 5.11 Å². The number of aromatic hydroxyl groups is 1. The standard InChI is InChI=1S/C29H34N2O3/c1-28(2,3)20-16-19(17-21(26(20)32)29(4,5)6)31-23-12-10-9-11-22(23)30-27(31)18-13-14-24(33-7)25(15-18)34-8/h9-17,32H,1-8H3. The van der Waals surface area contributed by atoms with Gasteiger partial charge in [-0.3, -0.25) is 4.57 Å². The Bertz CT molecular complexity index is 1320. The van der Waals surface area contributed by atoms with Gasteiger partial charge in [0.2, 0.25) is 0 Å². The molecule has 5 nitrogen and oxygen atoms in total. The lowest BCUT2D eigenvalue weighted by atomic mass is 9.79. The number of imidazole rings is 1. The zero-order valence-corrected chi connectivity index (χ0v) is 21.4. The molecule has 0 spiro atoms. The van der Waals surface area contributed by atoms with E-state index in [0.717, 1.165) is 39.2 Å². The summed E-state index contributed by atoms with van der Waals surface area (Å²) in [6, 6.07) is 18.1. The molecule has 0 aliphatic heterocycles. The predicted molar refractivity (Wildman–Crippen MR) is 139 cm³/mol. The summed E-state index contributed by atoms with van der Waals surface area (Å²) < 4.78 is 13.2. The van der Waals surface area contributed by atoms with Crippen LogP contribution in [0.5, 0.6) is 17.2 Å². The summed E-state index contributed by atoms with van der Waals surface area (Å²) in [5.74, 6) is 2.48. The van der Waals surface area contributed by atoms with Gasteiger partial charge in [-0.1, -0.05) is 53.7 Å². The molecule has 0 atom stereocenters. The number of para-hydroxylation sites is 2. The first-order chi connectivity index (χ1) is 16.0. The van der Waals surface area contributed by atoms with Crippen LogP contribution in [0, 0.1) is 0 Å². The molecule has 4 aromatic rings. The maximum Gasteiger partial charge on any atom is 0.161 e. The average molecular weight is 459 g/mol. The molecular weight excluding hydrogens is 424 g/mol. The molecule has 1 N–H and O–H groups in total. The highest BCUT2D eigenvalue weighted by molar-refractivity contribution is 5.84. The molecule has 1 aromatic heterocycles. The second kappa shape index (κ2) is 8.39. The van der Waals surface area contributed by atoms with Gasteiger partial charge < -0.3 is 14.6 Å². The third-order valence-corrected chi connectivity index (χ3v) is 6.17.